The number of furan rings is 1. The summed E-state index contributed by atoms with van der Waals surface area (Å²) >= 11 is 3.10. The second kappa shape index (κ2) is 5.72. The molecule has 1 atom stereocenters. The third-order valence-corrected chi connectivity index (χ3v) is 4.89. The number of aromatic nitrogens is 3. The zero-order valence-electron chi connectivity index (χ0n) is 11.2. The predicted octanol–water partition coefficient (Wildman–Crippen LogP) is 4.13. The quantitative estimate of drug-likeness (QED) is 0.767. The van der Waals surface area contributed by atoms with Crippen LogP contribution >= 0.6 is 22.7 Å². The van der Waals surface area contributed by atoms with Crippen molar-refractivity contribution in [3.05, 3.63) is 24.6 Å². The molecule has 1 unspecified atom stereocenters. The number of nitrogens with zero attached hydrogens (tertiary/aromatic N) is 3. The number of hydrogen-bond acceptors (Lipinski definition) is 7. The molecule has 5 nitrogen and oxygen atoms in total. The van der Waals surface area contributed by atoms with E-state index in [2.05, 4.69) is 34.3 Å². The summed E-state index contributed by atoms with van der Waals surface area (Å²) in [6.45, 7) is 4.27. The van der Waals surface area contributed by atoms with Gasteiger partial charge in [0, 0.05) is 12.2 Å². The predicted molar refractivity (Wildman–Crippen MR) is 82.1 cm³/mol. The summed E-state index contributed by atoms with van der Waals surface area (Å²) < 4.78 is 5.34. The molecule has 3 aromatic rings. The largest absolute Gasteiger partial charge is 0.462 e. The molecule has 0 aliphatic rings. The van der Waals surface area contributed by atoms with E-state index in [9.17, 15) is 0 Å². The molecule has 0 saturated carbocycles. The Bertz CT molecular complexity index is 674. The first-order valence-corrected chi connectivity index (χ1v) is 7.99. The minimum absolute atomic E-state index is 0.399. The second-order valence-corrected chi connectivity index (χ2v) is 6.38. The highest BCUT2D eigenvalue weighted by Crippen LogP contribution is 2.34. The van der Waals surface area contributed by atoms with Crippen LogP contribution < -0.4 is 5.32 Å². The minimum Gasteiger partial charge on any atom is -0.462 e. The zero-order chi connectivity index (χ0) is 13.9. The Morgan fingerprint density at radius 2 is 2.20 bits per heavy atom. The molecule has 3 heterocycles. The fraction of sp³-hybridized carbons (Fsp3) is 0.308. The van der Waals surface area contributed by atoms with Crippen molar-refractivity contribution >= 4 is 27.8 Å². The van der Waals surface area contributed by atoms with Gasteiger partial charge in [0.25, 0.3) is 0 Å². The molecule has 0 aliphatic heterocycles. The topological polar surface area (TPSA) is 63.8 Å². The molecule has 1 N–H and O–H groups in total. The van der Waals surface area contributed by atoms with Crippen LogP contribution in [-0.2, 0) is 0 Å². The number of nitrogens with one attached hydrogen (secondary N) is 1. The minimum atomic E-state index is 0.399. The van der Waals surface area contributed by atoms with Crippen LogP contribution in [0.1, 0.15) is 20.3 Å². The molecule has 20 heavy (non-hydrogen) atoms. The van der Waals surface area contributed by atoms with E-state index in [4.69, 9.17) is 4.42 Å². The maximum atomic E-state index is 5.34. The smallest absolute Gasteiger partial charge is 0.206 e. The van der Waals surface area contributed by atoms with Crippen LogP contribution in [0.2, 0.25) is 0 Å². The van der Waals surface area contributed by atoms with Gasteiger partial charge in [-0.15, -0.1) is 21.5 Å². The molecular formula is C13H14N4OS2. The molecule has 104 valence electrons. The summed E-state index contributed by atoms with van der Waals surface area (Å²) in [7, 11) is 0. The van der Waals surface area contributed by atoms with Crippen LogP contribution in [-0.4, -0.2) is 21.2 Å². The number of anilines is 1. The normalized spacial score (nSPS) is 12.5. The number of rotatable bonds is 5. The van der Waals surface area contributed by atoms with Crippen molar-refractivity contribution in [1.29, 1.82) is 0 Å². The summed E-state index contributed by atoms with van der Waals surface area (Å²) in [4.78, 5) is 5.37. The summed E-state index contributed by atoms with van der Waals surface area (Å²) in [5, 5.41) is 14.3. The van der Waals surface area contributed by atoms with E-state index in [0.717, 1.165) is 32.2 Å². The second-order valence-electron chi connectivity index (χ2n) is 4.37. The SMILES string of the molecule is CCC(C)Nc1nnc(-c2cnc(-c3ccco3)s2)s1. The summed E-state index contributed by atoms with van der Waals surface area (Å²) in [6.07, 6.45) is 4.52. The highest BCUT2D eigenvalue weighted by atomic mass is 32.1. The molecule has 0 aromatic carbocycles. The highest BCUT2D eigenvalue weighted by molar-refractivity contribution is 7.24. The van der Waals surface area contributed by atoms with Crippen LogP contribution in [0.4, 0.5) is 5.13 Å². The van der Waals surface area contributed by atoms with E-state index < -0.39 is 0 Å². The fourth-order valence-corrected chi connectivity index (χ4v) is 3.35. The van der Waals surface area contributed by atoms with Crippen molar-refractivity contribution in [1.82, 2.24) is 15.2 Å². The lowest BCUT2D eigenvalue weighted by Gasteiger charge is -2.07. The Balaban J connectivity index is 1.80. The summed E-state index contributed by atoms with van der Waals surface area (Å²) in [6, 6.07) is 4.16. The molecule has 0 spiro atoms. The van der Waals surface area contributed by atoms with Crippen molar-refractivity contribution in [3.8, 4) is 20.7 Å². The first kappa shape index (κ1) is 13.3. The van der Waals surface area contributed by atoms with Gasteiger partial charge in [-0.05, 0) is 25.5 Å². The average Bonchev–Trinajstić information content (AvgIpc) is 3.18. The van der Waals surface area contributed by atoms with Crippen molar-refractivity contribution in [2.75, 3.05) is 5.32 Å². The van der Waals surface area contributed by atoms with Gasteiger partial charge in [0.05, 0.1) is 11.1 Å². The Hall–Kier alpha value is -1.73. The summed E-state index contributed by atoms with van der Waals surface area (Å²) in [5.41, 5.74) is 0. The van der Waals surface area contributed by atoms with Gasteiger partial charge in [-0.2, -0.15) is 0 Å². The molecule has 3 rings (SSSR count). The Labute approximate surface area is 124 Å². The van der Waals surface area contributed by atoms with Crippen molar-refractivity contribution in [2.24, 2.45) is 0 Å². The number of thiazole rings is 1. The number of hydrogen-bond donors (Lipinski definition) is 1. The van der Waals surface area contributed by atoms with Gasteiger partial charge in [0.2, 0.25) is 5.13 Å². The van der Waals surface area contributed by atoms with Gasteiger partial charge >= 0.3 is 0 Å². The van der Waals surface area contributed by atoms with E-state index in [1.807, 2.05) is 18.3 Å². The van der Waals surface area contributed by atoms with Gasteiger partial charge < -0.3 is 9.73 Å². The van der Waals surface area contributed by atoms with Crippen LogP contribution in [0.25, 0.3) is 20.7 Å². The van der Waals surface area contributed by atoms with Gasteiger partial charge in [-0.1, -0.05) is 18.3 Å². The Kier molecular flexibility index (Phi) is 3.79. The van der Waals surface area contributed by atoms with Gasteiger partial charge in [-0.3, -0.25) is 0 Å². The van der Waals surface area contributed by atoms with E-state index >= 15 is 0 Å². The van der Waals surface area contributed by atoms with Crippen molar-refractivity contribution in [3.63, 3.8) is 0 Å². The maximum Gasteiger partial charge on any atom is 0.206 e. The Morgan fingerprint density at radius 3 is 2.95 bits per heavy atom. The Morgan fingerprint density at radius 1 is 1.30 bits per heavy atom. The molecular weight excluding hydrogens is 292 g/mol. The van der Waals surface area contributed by atoms with E-state index in [0.29, 0.717) is 6.04 Å². The molecule has 3 aromatic heterocycles. The highest BCUT2D eigenvalue weighted by Gasteiger charge is 2.13. The standard InChI is InChI=1S/C13H14N4OS2/c1-3-8(2)15-13-17-16-12(20-13)10-7-14-11(19-10)9-5-4-6-18-9/h4-8H,3H2,1-2H3,(H,15,17). The van der Waals surface area contributed by atoms with Gasteiger partial charge in [0.1, 0.15) is 0 Å². The molecule has 0 aliphatic carbocycles. The van der Waals surface area contributed by atoms with Crippen molar-refractivity contribution in [2.45, 2.75) is 26.3 Å². The third kappa shape index (κ3) is 2.73. The zero-order valence-corrected chi connectivity index (χ0v) is 12.8. The average molecular weight is 306 g/mol. The van der Waals surface area contributed by atoms with E-state index in [-0.39, 0.29) is 0 Å². The monoisotopic (exact) mass is 306 g/mol. The molecule has 0 saturated heterocycles. The summed E-state index contributed by atoms with van der Waals surface area (Å²) in [5.74, 6) is 0.781. The van der Waals surface area contributed by atoms with Crippen LogP contribution in [0.3, 0.4) is 0 Å². The molecule has 0 amide bonds. The van der Waals surface area contributed by atoms with Crippen LogP contribution in [0.5, 0.6) is 0 Å². The van der Waals surface area contributed by atoms with Crippen LogP contribution in [0, 0.1) is 0 Å². The van der Waals surface area contributed by atoms with Gasteiger partial charge in [-0.25, -0.2) is 4.98 Å². The molecule has 0 radical (unpaired) electrons. The fourth-order valence-electron chi connectivity index (χ4n) is 1.58. The molecule has 7 heteroatoms. The van der Waals surface area contributed by atoms with Crippen molar-refractivity contribution < 1.29 is 4.42 Å². The maximum absolute atomic E-state index is 5.34. The lowest BCUT2D eigenvalue weighted by atomic mass is 10.3. The lowest BCUT2D eigenvalue weighted by molar-refractivity contribution is 0.582. The first-order chi connectivity index (χ1) is 9.76. The molecule has 0 bridgehead atoms. The van der Waals surface area contributed by atoms with Crippen LogP contribution in [0.15, 0.2) is 29.0 Å². The van der Waals surface area contributed by atoms with E-state index in [1.54, 1.807) is 28.9 Å². The molecule has 0 fully saturated rings. The lowest BCUT2D eigenvalue weighted by Crippen LogP contribution is -2.12. The van der Waals surface area contributed by atoms with E-state index in [1.165, 1.54) is 0 Å². The van der Waals surface area contributed by atoms with Gasteiger partial charge in [0.15, 0.2) is 15.8 Å². The third-order valence-electron chi connectivity index (χ3n) is 2.86. The first-order valence-electron chi connectivity index (χ1n) is 6.36.